The van der Waals surface area contributed by atoms with Crippen LogP contribution in [0.3, 0.4) is 0 Å². The number of ether oxygens (including phenoxy) is 1. The van der Waals surface area contributed by atoms with Crippen molar-refractivity contribution >= 4 is 40.7 Å². The van der Waals surface area contributed by atoms with Gasteiger partial charge in [-0.2, -0.15) is 0 Å². The Morgan fingerprint density at radius 3 is 2.73 bits per heavy atom. The molecule has 1 heterocycles. The lowest BCUT2D eigenvalue weighted by atomic mass is 9.99. The fourth-order valence-corrected chi connectivity index (χ4v) is 3.67. The van der Waals surface area contributed by atoms with Crippen molar-refractivity contribution in [3.63, 3.8) is 0 Å². The van der Waals surface area contributed by atoms with Crippen LogP contribution in [-0.4, -0.2) is 42.6 Å². The minimum Gasteiger partial charge on any atom is -0.356 e. The van der Waals surface area contributed by atoms with Crippen molar-refractivity contribution < 1.29 is 14.3 Å². The lowest BCUT2D eigenvalue weighted by Crippen LogP contribution is -2.51. The van der Waals surface area contributed by atoms with E-state index in [0.717, 1.165) is 17.7 Å². The second kappa shape index (κ2) is 10.3. The molecule has 0 saturated carbocycles. The molecule has 8 heteroatoms. The summed E-state index contributed by atoms with van der Waals surface area (Å²) in [6.45, 7) is 5.84. The zero-order valence-corrected chi connectivity index (χ0v) is 18.5. The summed E-state index contributed by atoms with van der Waals surface area (Å²) in [4.78, 5) is 26.2. The van der Waals surface area contributed by atoms with Gasteiger partial charge in [0.2, 0.25) is 11.8 Å². The minimum atomic E-state index is -0.394. The van der Waals surface area contributed by atoms with Gasteiger partial charge in [0.1, 0.15) is 6.23 Å². The molecule has 0 aromatic heterocycles. The van der Waals surface area contributed by atoms with E-state index in [1.54, 1.807) is 12.1 Å². The second-order valence-electron chi connectivity index (χ2n) is 7.38. The summed E-state index contributed by atoms with van der Waals surface area (Å²) in [6.07, 6.45) is -0.394. The number of hydrogen-bond donors (Lipinski definition) is 2. The monoisotopic (exact) mass is 449 g/mol. The zero-order chi connectivity index (χ0) is 21.7. The third-order valence-corrected chi connectivity index (χ3v) is 5.68. The molecule has 2 unspecified atom stereocenters. The van der Waals surface area contributed by atoms with Gasteiger partial charge in [-0.1, -0.05) is 41.4 Å². The molecule has 2 atom stereocenters. The van der Waals surface area contributed by atoms with Crippen molar-refractivity contribution in [2.45, 2.75) is 32.5 Å². The Labute approximate surface area is 186 Å². The molecule has 1 aliphatic heterocycles. The summed E-state index contributed by atoms with van der Waals surface area (Å²) in [5.74, 6) is -0.661. The largest absolute Gasteiger partial charge is 0.356 e. The number of nitrogens with one attached hydrogen (secondary N) is 2. The highest BCUT2D eigenvalue weighted by atomic mass is 35.5. The van der Waals surface area contributed by atoms with Crippen LogP contribution in [0.25, 0.3) is 0 Å². The van der Waals surface area contributed by atoms with Crippen LogP contribution in [0, 0.1) is 0 Å². The average molecular weight is 450 g/mol. The van der Waals surface area contributed by atoms with Crippen LogP contribution in [0.1, 0.15) is 30.9 Å². The molecular weight excluding hydrogens is 425 g/mol. The lowest BCUT2D eigenvalue weighted by molar-refractivity contribution is -0.130. The predicted octanol–water partition coefficient (Wildman–Crippen LogP) is 4.03. The number of nitrogens with zero attached hydrogens (tertiary/aromatic N) is 1. The summed E-state index contributed by atoms with van der Waals surface area (Å²) < 4.78 is 5.74. The Balaban J connectivity index is 1.58. The van der Waals surface area contributed by atoms with E-state index in [1.807, 2.05) is 37.3 Å². The van der Waals surface area contributed by atoms with Crippen LogP contribution in [0.5, 0.6) is 0 Å². The molecule has 1 fully saturated rings. The number of hydrogen-bond acceptors (Lipinski definition) is 4. The second-order valence-corrected chi connectivity index (χ2v) is 8.19. The van der Waals surface area contributed by atoms with E-state index < -0.39 is 6.23 Å². The molecule has 2 aromatic carbocycles. The lowest BCUT2D eigenvalue weighted by Gasteiger charge is -2.33. The summed E-state index contributed by atoms with van der Waals surface area (Å²) in [5.41, 5.74) is 2.54. The maximum Gasteiger partial charge on any atom is 0.229 e. The van der Waals surface area contributed by atoms with Crippen LogP contribution in [0.4, 0.5) is 5.69 Å². The SMILES string of the molecule is CC(=O)Nc1cccc(C(C)C(=O)NC2CN(Cc3ccc(Cl)c(Cl)c3)CCO2)c1. The third-order valence-electron chi connectivity index (χ3n) is 4.94. The molecule has 2 N–H and O–H groups in total. The van der Waals surface area contributed by atoms with Gasteiger partial charge >= 0.3 is 0 Å². The number of rotatable bonds is 6. The van der Waals surface area contributed by atoms with Crippen molar-refractivity contribution in [1.82, 2.24) is 10.2 Å². The Kier molecular flexibility index (Phi) is 7.72. The van der Waals surface area contributed by atoms with Gasteiger partial charge in [0.05, 0.1) is 22.6 Å². The number of morpholine rings is 1. The molecular formula is C22H25Cl2N3O3. The molecule has 0 spiro atoms. The molecule has 160 valence electrons. The highest BCUT2D eigenvalue weighted by Crippen LogP contribution is 2.24. The Morgan fingerprint density at radius 2 is 2.00 bits per heavy atom. The first-order chi connectivity index (χ1) is 14.3. The van der Waals surface area contributed by atoms with E-state index in [0.29, 0.717) is 35.4 Å². The van der Waals surface area contributed by atoms with Crippen LogP contribution < -0.4 is 10.6 Å². The third kappa shape index (κ3) is 6.19. The number of carbonyl (C=O) groups is 2. The summed E-state index contributed by atoms with van der Waals surface area (Å²) in [5, 5.41) is 6.78. The molecule has 1 saturated heterocycles. The van der Waals surface area contributed by atoms with E-state index in [9.17, 15) is 9.59 Å². The van der Waals surface area contributed by atoms with Gasteiger partial charge in [0, 0.05) is 32.2 Å². The molecule has 1 aliphatic rings. The predicted molar refractivity (Wildman–Crippen MR) is 119 cm³/mol. The molecule has 3 rings (SSSR count). The first kappa shape index (κ1) is 22.6. The molecule has 0 radical (unpaired) electrons. The topological polar surface area (TPSA) is 70.7 Å². The minimum absolute atomic E-state index is 0.128. The van der Waals surface area contributed by atoms with Crippen molar-refractivity contribution in [2.75, 3.05) is 25.0 Å². The maximum absolute atomic E-state index is 12.8. The van der Waals surface area contributed by atoms with Crippen molar-refractivity contribution in [3.8, 4) is 0 Å². The van der Waals surface area contributed by atoms with Crippen LogP contribution in [-0.2, 0) is 20.9 Å². The van der Waals surface area contributed by atoms with Crippen LogP contribution in [0.2, 0.25) is 10.0 Å². The first-order valence-corrected chi connectivity index (χ1v) is 10.5. The maximum atomic E-state index is 12.8. The van der Waals surface area contributed by atoms with Crippen molar-refractivity contribution in [2.24, 2.45) is 0 Å². The van der Waals surface area contributed by atoms with Crippen molar-refractivity contribution in [1.29, 1.82) is 0 Å². The van der Waals surface area contributed by atoms with E-state index in [-0.39, 0.29) is 17.7 Å². The number of carbonyl (C=O) groups excluding carboxylic acids is 2. The first-order valence-electron chi connectivity index (χ1n) is 9.77. The zero-order valence-electron chi connectivity index (χ0n) is 17.0. The van der Waals surface area contributed by atoms with Gasteiger partial charge < -0.3 is 15.4 Å². The fourth-order valence-electron chi connectivity index (χ4n) is 3.35. The molecule has 0 aliphatic carbocycles. The summed E-state index contributed by atoms with van der Waals surface area (Å²) in [7, 11) is 0. The van der Waals surface area contributed by atoms with Gasteiger partial charge in [-0.15, -0.1) is 0 Å². The smallest absolute Gasteiger partial charge is 0.229 e. The van der Waals surface area contributed by atoms with Crippen LogP contribution in [0.15, 0.2) is 42.5 Å². The van der Waals surface area contributed by atoms with Gasteiger partial charge in [0.15, 0.2) is 0 Å². The average Bonchev–Trinajstić information content (AvgIpc) is 2.70. The van der Waals surface area contributed by atoms with Gasteiger partial charge in [-0.3, -0.25) is 14.5 Å². The van der Waals surface area contributed by atoms with E-state index in [4.69, 9.17) is 27.9 Å². The highest BCUT2D eigenvalue weighted by molar-refractivity contribution is 6.42. The van der Waals surface area contributed by atoms with Crippen molar-refractivity contribution in [3.05, 3.63) is 63.6 Å². The van der Waals surface area contributed by atoms with Gasteiger partial charge in [0.25, 0.3) is 0 Å². The van der Waals surface area contributed by atoms with Gasteiger partial charge in [-0.05, 0) is 42.3 Å². The highest BCUT2D eigenvalue weighted by Gasteiger charge is 2.25. The molecule has 0 bridgehead atoms. The molecule has 30 heavy (non-hydrogen) atoms. The standard InChI is InChI=1S/C22H25Cl2N3O3/c1-14(17-4-3-5-18(11-17)25-15(2)28)22(29)26-21-13-27(8-9-30-21)12-16-6-7-19(23)20(24)10-16/h3-7,10-11,14,21H,8-9,12-13H2,1-2H3,(H,25,28)(H,26,29). The van der Waals surface area contributed by atoms with E-state index >= 15 is 0 Å². The summed E-state index contributed by atoms with van der Waals surface area (Å²) >= 11 is 12.1. The van der Waals surface area contributed by atoms with E-state index in [2.05, 4.69) is 15.5 Å². The number of anilines is 1. The summed E-state index contributed by atoms with van der Waals surface area (Å²) in [6, 6.07) is 12.9. The Bertz CT molecular complexity index is 922. The number of benzene rings is 2. The van der Waals surface area contributed by atoms with E-state index in [1.165, 1.54) is 6.92 Å². The Hall–Kier alpha value is -2.12. The van der Waals surface area contributed by atoms with Crippen LogP contribution >= 0.6 is 23.2 Å². The number of halogens is 2. The Morgan fingerprint density at radius 1 is 1.20 bits per heavy atom. The molecule has 6 nitrogen and oxygen atoms in total. The van der Waals surface area contributed by atoms with Gasteiger partial charge in [-0.25, -0.2) is 0 Å². The molecule has 2 amide bonds. The molecule has 2 aromatic rings. The normalized spacial score (nSPS) is 17.9. The fraction of sp³-hybridized carbons (Fsp3) is 0.364. The quantitative estimate of drug-likeness (QED) is 0.698. The number of amides is 2.